The molecular weight excluding hydrogens is 330 g/mol. The van der Waals surface area contributed by atoms with Crippen LogP contribution in [0.1, 0.15) is 10.4 Å². The van der Waals surface area contributed by atoms with Crippen LogP contribution in [0, 0.1) is 0 Å². The molecule has 0 spiro atoms. The van der Waals surface area contributed by atoms with E-state index in [1.807, 2.05) is 6.07 Å². The average Bonchev–Trinajstić information content (AvgIpc) is 2.68. The fourth-order valence-electron chi connectivity index (χ4n) is 2.70. The zero-order valence-corrected chi connectivity index (χ0v) is 14.5. The zero-order valence-electron chi connectivity index (χ0n) is 14.5. The number of carbonyl (C=O) groups is 1. The highest BCUT2D eigenvalue weighted by atomic mass is 16.5. The van der Waals surface area contributed by atoms with Crippen molar-refractivity contribution in [3.05, 3.63) is 83.3 Å². The summed E-state index contributed by atoms with van der Waals surface area (Å²) in [5, 5.41) is 1.23. The van der Waals surface area contributed by atoms with Gasteiger partial charge >= 0.3 is 0 Å². The number of nitrogens with zero attached hydrogens (tertiary/aromatic N) is 1. The van der Waals surface area contributed by atoms with E-state index in [0.717, 1.165) is 0 Å². The van der Waals surface area contributed by atoms with Crippen molar-refractivity contribution in [2.75, 3.05) is 13.7 Å². The Hall–Kier alpha value is -3.34. The SMILES string of the molecule is C=CCn1ccc2c(OCC(=O)c3ccc(OC)cc3)cccc2c1=O. The normalized spacial score (nSPS) is 10.5. The second kappa shape index (κ2) is 7.70. The summed E-state index contributed by atoms with van der Waals surface area (Å²) >= 11 is 0. The number of Topliss-reactive ketones (excluding diaryl/α,β-unsaturated/α-hetero) is 1. The molecule has 2 aromatic carbocycles. The number of ether oxygens (including phenoxy) is 2. The Balaban J connectivity index is 1.82. The van der Waals surface area contributed by atoms with E-state index in [1.54, 1.807) is 66.4 Å². The quantitative estimate of drug-likeness (QED) is 0.484. The molecule has 0 aliphatic rings. The fraction of sp³-hybridized carbons (Fsp3) is 0.143. The molecule has 132 valence electrons. The number of aromatic nitrogens is 1. The van der Waals surface area contributed by atoms with E-state index in [4.69, 9.17) is 9.47 Å². The summed E-state index contributed by atoms with van der Waals surface area (Å²) in [5.74, 6) is 1.05. The Bertz CT molecular complexity index is 1000. The number of ketones is 1. The van der Waals surface area contributed by atoms with Gasteiger partial charge in [0.2, 0.25) is 0 Å². The number of hydrogen-bond donors (Lipinski definition) is 0. The predicted molar refractivity (Wildman–Crippen MR) is 101 cm³/mol. The van der Waals surface area contributed by atoms with Crippen LogP contribution in [0.3, 0.4) is 0 Å². The molecular formula is C21H19NO4. The summed E-state index contributed by atoms with van der Waals surface area (Å²) < 4.78 is 12.4. The Morgan fingerprint density at radius 1 is 1.12 bits per heavy atom. The summed E-state index contributed by atoms with van der Waals surface area (Å²) in [7, 11) is 1.57. The van der Waals surface area contributed by atoms with Gasteiger partial charge in [0.05, 0.1) is 12.5 Å². The van der Waals surface area contributed by atoms with Gasteiger partial charge in [-0.3, -0.25) is 9.59 Å². The van der Waals surface area contributed by atoms with E-state index in [-0.39, 0.29) is 17.9 Å². The van der Waals surface area contributed by atoms with Gasteiger partial charge in [0.1, 0.15) is 11.5 Å². The van der Waals surface area contributed by atoms with Gasteiger partial charge in [0.15, 0.2) is 12.4 Å². The van der Waals surface area contributed by atoms with Crippen LogP contribution in [0.4, 0.5) is 0 Å². The molecule has 0 atom stereocenters. The third kappa shape index (κ3) is 3.52. The number of fused-ring (bicyclic) bond motifs is 1. The monoisotopic (exact) mass is 349 g/mol. The molecule has 3 rings (SSSR count). The first-order valence-corrected chi connectivity index (χ1v) is 8.17. The van der Waals surface area contributed by atoms with Crippen molar-refractivity contribution in [1.29, 1.82) is 0 Å². The molecule has 3 aromatic rings. The van der Waals surface area contributed by atoms with E-state index in [1.165, 1.54) is 0 Å². The van der Waals surface area contributed by atoms with Crippen LogP contribution in [0.5, 0.6) is 11.5 Å². The second-order valence-electron chi connectivity index (χ2n) is 5.72. The summed E-state index contributed by atoms with van der Waals surface area (Å²) in [4.78, 5) is 24.8. The van der Waals surface area contributed by atoms with E-state index in [2.05, 4.69) is 6.58 Å². The van der Waals surface area contributed by atoms with Gasteiger partial charge in [-0.15, -0.1) is 6.58 Å². The molecule has 0 amide bonds. The van der Waals surface area contributed by atoms with Gasteiger partial charge < -0.3 is 14.0 Å². The maximum Gasteiger partial charge on any atom is 0.258 e. The number of benzene rings is 2. The second-order valence-corrected chi connectivity index (χ2v) is 5.72. The summed E-state index contributed by atoms with van der Waals surface area (Å²) in [6.45, 7) is 3.98. The minimum Gasteiger partial charge on any atom is -0.497 e. The minimum atomic E-state index is -0.148. The number of carbonyl (C=O) groups excluding carboxylic acids is 1. The number of pyridine rings is 1. The molecule has 0 bridgehead atoms. The standard InChI is InChI=1S/C21H19NO4/c1-3-12-22-13-11-17-18(21(22)24)5-4-6-20(17)26-14-19(23)15-7-9-16(25-2)10-8-15/h3-11,13H,1,12,14H2,2H3. The maximum atomic E-state index is 12.5. The number of rotatable bonds is 7. The highest BCUT2D eigenvalue weighted by molar-refractivity contribution is 5.97. The molecule has 0 aliphatic carbocycles. The molecule has 1 aromatic heterocycles. The van der Waals surface area contributed by atoms with Crippen molar-refractivity contribution >= 4 is 16.6 Å². The van der Waals surface area contributed by atoms with Crippen molar-refractivity contribution in [3.8, 4) is 11.5 Å². The van der Waals surface area contributed by atoms with Crippen LogP contribution >= 0.6 is 0 Å². The van der Waals surface area contributed by atoms with Crippen LogP contribution in [0.2, 0.25) is 0 Å². The lowest BCUT2D eigenvalue weighted by Gasteiger charge is -2.10. The Morgan fingerprint density at radius 2 is 1.88 bits per heavy atom. The smallest absolute Gasteiger partial charge is 0.258 e. The maximum absolute atomic E-state index is 12.5. The van der Waals surface area contributed by atoms with Crippen LogP contribution in [-0.4, -0.2) is 24.1 Å². The van der Waals surface area contributed by atoms with Crippen molar-refractivity contribution in [1.82, 2.24) is 4.57 Å². The molecule has 26 heavy (non-hydrogen) atoms. The third-order valence-corrected chi connectivity index (χ3v) is 4.08. The van der Waals surface area contributed by atoms with Gasteiger partial charge in [-0.1, -0.05) is 12.1 Å². The first kappa shape index (κ1) is 17.5. The fourth-order valence-corrected chi connectivity index (χ4v) is 2.70. The predicted octanol–water partition coefficient (Wildman–Crippen LogP) is 3.46. The molecule has 0 saturated heterocycles. The summed E-state index contributed by atoms with van der Waals surface area (Å²) in [6.07, 6.45) is 3.37. The highest BCUT2D eigenvalue weighted by Gasteiger charge is 2.10. The van der Waals surface area contributed by atoms with Crippen LogP contribution in [0.25, 0.3) is 10.8 Å². The summed E-state index contributed by atoms with van der Waals surface area (Å²) in [6, 6.07) is 13.9. The van der Waals surface area contributed by atoms with Crippen molar-refractivity contribution in [2.45, 2.75) is 6.54 Å². The highest BCUT2D eigenvalue weighted by Crippen LogP contribution is 2.23. The molecule has 5 heteroatoms. The van der Waals surface area contributed by atoms with Gasteiger partial charge in [-0.2, -0.15) is 0 Å². The molecule has 5 nitrogen and oxygen atoms in total. The molecule has 1 heterocycles. The van der Waals surface area contributed by atoms with E-state index in [0.29, 0.717) is 34.4 Å². The van der Waals surface area contributed by atoms with Crippen molar-refractivity contribution in [3.63, 3.8) is 0 Å². The molecule has 0 saturated carbocycles. The summed E-state index contributed by atoms with van der Waals surface area (Å²) in [5.41, 5.74) is 0.425. The van der Waals surface area contributed by atoms with Gasteiger partial charge in [0, 0.05) is 23.7 Å². The Kier molecular flexibility index (Phi) is 5.17. The minimum absolute atomic E-state index is 0.110. The van der Waals surface area contributed by atoms with E-state index < -0.39 is 0 Å². The van der Waals surface area contributed by atoms with E-state index >= 15 is 0 Å². The van der Waals surface area contributed by atoms with Gasteiger partial charge in [-0.25, -0.2) is 0 Å². The lowest BCUT2D eigenvalue weighted by atomic mass is 10.1. The lowest BCUT2D eigenvalue weighted by Crippen LogP contribution is -2.19. The third-order valence-electron chi connectivity index (χ3n) is 4.08. The van der Waals surface area contributed by atoms with Gasteiger partial charge in [-0.05, 0) is 42.5 Å². The largest absolute Gasteiger partial charge is 0.497 e. The van der Waals surface area contributed by atoms with Gasteiger partial charge in [0.25, 0.3) is 5.56 Å². The van der Waals surface area contributed by atoms with Crippen LogP contribution in [-0.2, 0) is 6.54 Å². The van der Waals surface area contributed by atoms with Crippen LogP contribution < -0.4 is 15.0 Å². The molecule has 0 aliphatic heterocycles. The van der Waals surface area contributed by atoms with E-state index in [9.17, 15) is 9.59 Å². The lowest BCUT2D eigenvalue weighted by molar-refractivity contribution is 0.0922. The molecule has 0 unspecified atom stereocenters. The number of allylic oxidation sites excluding steroid dienone is 1. The van der Waals surface area contributed by atoms with Crippen LogP contribution in [0.15, 0.2) is 72.2 Å². The Labute approximate surface area is 151 Å². The first-order valence-electron chi connectivity index (χ1n) is 8.17. The average molecular weight is 349 g/mol. The van der Waals surface area contributed by atoms with Crippen molar-refractivity contribution < 1.29 is 14.3 Å². The Morgan fingerprint density at radius 3 is 2.58 bits per heavy atom. The van der Waals surface area contributed by atoms with Crippen molar-refractivity contribution in [2.24, 2.45) is 0 Å². The topological polar surface area (TPSA) is 57.5 Å². The first-order chi connectivity index (χ1) is 12.6. The molecule has 0 N–H and O–H groups in total. The zero-order chi connectivity index (χ0) is 18.5. The number of hydrogen-bond acceptors (Lipinski definition) is 4. The molecule has 0 radical (unpaired) electrons. The molecule has 0 fully saturated rings. The number of methoxy groups -OCH3 is 1.